The van der Waals surface area contributed by atoms with Crippen LogP contribution in [-0.2, 0) is 6.54 Å². The number of hydrogen-bond acceptors (Lipinski definition) is 3. The molecule has 1 heterocycles. The molecule has 0 bridgehead atoms. The molecule has 100 valence electrons. The van der Waals surface area contributed by atoms with Crippen molar-refractivity contribution in [2.45, 2.75) is 20.4 Å². The van der Waals surface area contributed by atoms with Crippen LogP contribution in [0.2, 0.25) is 5.28 Å². The number of aromatic nitrogens is 2. The minimum atomic E-state index is -0.583. The summed E-state index contributed by atoms with van der Waals surface area (Å²) in [6, 6.07) is 3.41. The lowest BCUT2D eigenvalue weighted by atomic mass is 10.1. The van der Waals surface area contributed by atoms with Crippen LogP contribution in [0.15, 0.2) is 18.3 Å². The Bertz CT molecular complexity index is 594. The highest BCUT2D eigenvalue weighted by Gasteiger charge is 2.07. The number of aryl methyl sites for hydroxylation is 2. The molecule has 0 saturated heterocycles. The van der Waals surface area contributed by atoms with Gasteiger partial charge in [0, 0.05) is 6.54 Å². The molecule has 0 aliphatic rings. The number of hydrogen-bond donors (Lipinski definition) is 1. The van der Waals surface area contributed by atoms with E-state index in [1.807, 2.05) is 0 Å². The minimum absolute atomic E-state index is 0.0274. The molecule has 0 spiro atoms. The van der Waals surface area contributed by atoms with Gasteiger partial charge in [-0.1, -0.05) is 12.1 Å². The molecule has 1 aromatic carbocycles. The van der Waals surface area contributed by atoms with Gasteiger partial charge in [-0.05, 0) is 42.1 Å². The van der Waals surface area contributed by atoms with Gasteiger partial charge in [-0.25, -0.2) is 13.8 Å². The lowest BCUT2D eigenvalue weighted by Crippen LogP contribution is -2.05. The van der Waals surface area contributed by atoms with Crippen molar-refractivity contribution in [2.75, 3.05) is 5.32 Å². The molecular formula is C13H12ClF2N3. The van der Waals surface area contributed by atoms with Gasteiger partial charge in [-0.15, -0.1) is 0 Å². The predicted molar refractivity (Wildman–Crippen MR) is 70.2 cm³/mol. The Kier molecular flexibility index (Phi) is 3.95. The maximum Gasteiger partial charge on any atom is 0.224 e. The van der Waals surface area contributed by atoms with Crippen molar-refractivity contribution in [3.05, 3.63) is 51.9 Å². The van der Waals surface area contributed by atoms with Crippen LogP contribution in [0.3, 0.4) is 0 Å². The fourth-order valence-electron chi connectivity index (χ4n) is 1.79. The molecule has 0 aliphatic carbocycles. The molecule has 1 N–H and O–H groups in total. The van der Waals surface area contributed by atoms with Gasteiger partial charge in [0.1, 0.15) is 5.82 Å². The highest BCUT2D eigenvalue weighted by Crippen LogP contribution is 2.17. The number of nitrogens with one attached hydrogen (secondary N) is 1. The molecule has 3 nitrogen and oxygen atoms in total. The average molecular weight is 284 g/mol. The standard InChI is InChI=1S/C13H12ClF2N3/c1-7-3-9(4-8(2)11(7)16)5-17-12-10(15)6-18-13(14)19-12/h3-4,6H,5H2,1-2H3,(H,17,18,19). The quantitative estimate of drug-likeness (QED) is 0.874. The first kappa shape index (κ1) is 13.7. The zero-order valence-electron chi connectivity index (χ0n) is 10.5. The molecule has 0 radical (unpaired) electrons. The molecule has 0 fully saturated rings. The fraction of sp³-hybridized carbons (Fsp3) is 0.231. The van der Waals surface area contributed by atoms with Crippen molar-refractivity contribution in [2.24, 2.45) is 0 Å². The number of nitrogens with zero attached hydrogens (tertiary/aromatic N) is 2. The van der Waals surface area contributed by atoms with E-state index in [0.29, 0.717) is 17.7 Å². The van der Waals surface area contributed by atoms with Crippen LogP contribution in [-0.4, -0.2) is 9.97 Å². The van der Waals surface area contributed by atoms with Gasteiger partial charge in [0.15, 0.2) is 11.6 Å². The third-order valence-corrected chi connectivity index (χ3v) is 2.85. The first-order valence-corrected chi connectivity index (χ1v) is 6.02. The van der Waals surface area contributed by atoms with E-state index in [1.165, 1.54) is 0 Å². The summed E-state index contributed by atoms with van der Waals surface area (Å²) in [5, 5.41) is 2.78. The maximum atomic E-state index is 13.5. The Hall–Kier alpha value is -1.75. The Morgan fingerprint density at radius 2 is 1.84 bits per heavy atom. The van der Waals surface area contributed by atoms with Crippen LogP contribution in [0.4, 0.5) is 14.6 Å². The van der Waals surface area contributed by atoms with Gasteiger partial charge < -0.3 is 5.32 Å². The lowest BCUT2D eigenvalue weighted by Gasteiger charge is -2.09. The first-order valence-electron chi connectivity index (χ1n) is 5.65. The molecule has 0 aliphatic heterocycles. The Morgan fingerprint density at radius 3 is 2.47 bits per heavy atom. The smallest absolute Gasteiger partial charge is 0.224 e. The topological polar surface area (TPSA) is 37.8 Å². The lowest BCUT2D eigenvalue weighted by molar-refractivity contribution is 0.607. The van der Waals surface area contributed by atoms with Crippen molar-refractivity contribution < 1.29 is 8.78 Å². The highest BCUT2D eigenvalue weighted by molar-refractivity contribution is 6.28. The first-order chi connectivity index (χ1) is 8.97. The van der Waals surface area contributed by atoms with E-state index >= 15 is 0 Å². The molecule has 0 unspecified atom stereocenters. The van der Waals surface area contributed by atoms with Crippen molar-refractivity contribution >= 4 is 17.4 Å². The largest absolute Gasteiger partial charge is 0.363 e. The number of benzene rings is 1. The van der Waals surface area contributed by atoms with Crippen molar-refractivity contribution in [3.63, 3.8) is 0 Å². The summed E-state index contributed by atoms with van der Waals surface area (Å²) < 4.78 is 26.9. The van der Waals surface area contributed by atoms with Gasteiger partial charge in [0.25, 0.3) is 0 Å². The van der Waals surface area contributed by atoms with Crippen LogP contribution in [0, 0.1) is 25.5 Å². The van der Waals surface area contributed by atoms with E-state index < -0.39 is 5.82 Å². The SMILES string of the molecule is Cc1cc(CNc2nc(Cl)ncc2F)cc(C)c1F. The van der Waals surface area contributed by atoms with Crippen molar-refractivity contribution in [1.29, 1.82) is 0 Å². The molecule has 1 aromatic heterocycles. The van der Waals surface area contributed by atoms with Gasteiger partial charge in [-0.2, -0.15) is 4.98 Å². The monoisotopic (exact) mass is 283 g/mol. The zero-order valence-corrected chi connectivity index (χ0v) is 11.2. The highest BCUT2D eigenvalue weighted by atomic mass is 35.5. The number of halogens is 3. The summed E-state index contributed by atoms with van der Waals surface area (Å²) in [6.07, 6.45) is 0.999. The molecule has 2 aromatic rings. The molecule has 19 heavy (non-hydrogen) atoms. The third-order valence-electron chi connectivity index (χ3n) is 2.67. The Morgan fingerprint density at radius 1 is 1.21 bits per heavy atom. The zero-order chi connectivity index (χ0) is 14.0. The molecule has 0 atom stereocenters. The van der Waals surface area contributed by atoms with Crippen LogP contribution in [0.25, 0.3) is 0 Å². The van der Waals surface area contributed by atoms with Gasteiger partial charge in [-0.3, -0.25) is 0 Å². The van der Waals surface area contributed by atoms with Crippen molar-refractivity contribution in [3.8, 4) is 0 Å². The van der Waals surface area contributed by atoms with Crippen LogP contribution in [0.1, 0.15) is 16.7 Å². The molecule has 0 amide bonds. The van der Waals surface area contributed by atoms with E-state index in [2.05, 4.69) is 15.3 Å². The second-order valence-electron chi connectivity index (χ2n) is 4.23. The molecule has 6 heteroatoms. The summed E-state index contributed by atoms with van der Waals surface area (Å²) in [6.45, 7) is 3.70. The molecular weight excluding hydrogens is 272 g/mol. The summed E-state index contributed by atoms with van der Waals surface area (Å²) in [4.78, 5) is 7.27. The van der Waals surface area contributed by atoms with E-state index in [0.717, 1.165) is 11.8 Å². The predicted octanol–water partition coefficient (Wildman–Crippen LogP) is 3.64. The van der Waals surface area contributed by atoms with E-state index in [1.54, 1.807) is 26.0 Å². The summed E-state index contributed by atoms with van der Waals surface area (Å²) in [7, 11) is 0. The molecule has 0 saturated carbocycles. The Labute approximate surface area is 114 Å². The minimum Gasteiger partial charge on any atom is -0.363 e. The number of anilines is 1. The van der Waals surface area contributed by atoms with Gasteiger partial charge >= 0.3 is 0 Å². The van der Waals surface area contributed by atoms with Crippen LogP contribution >= 0.6 is 11.6 Å². The summed E-state index contributed by atoms with van der Waals surface area (Å²) in [5.74, 6) is -0.778. The van der Waals surface area contributed by atoms with E-state index in [4.69, 9.17) is 11.6 Å². The average Bonchev–Trinajstić information content (AvgIpc) is 2.37. The molecule has 2 rings (SSSR count). The fourth-order valence-corrected chi connectivity index (χ4v) is 1.93. The van der Waals surface area contributed by atoms with Gasteiger partial charge in [0.2, 0.25) is 5.28 Å². The van der Waals surface area contributed by atoms with E-state index in [-0.39, 0.29) is 16.9 Å². The Balaban J connectivity index is 2.17. The van der Waals surface area contributed by atoms with Gasteiger partial charge in [0.05, 0.1) is 6.20 Å². The number of rotatable bonds is 3. The van der Waals surface area contributed by atoms with Crippen molar-refractivity contribution in [1.82, 2.24) is 9.97 Å². The van der Waals surface area contributed by atoms with Crippen LogP contribution in [0.5, 0.6) is 0 Å². The van der Waals surface area contributed by atoms with Crippen LogP contribution < -0.4 is 5.32 Å². The third kappa shape index (κ3) is 3.17. The van der Waals surface area contributed by atoms with E-state index in [9.17, 15) is 8.78 Å². The second-order valence-corrected chi connectivity index (χ2v) is 4.57. The second kappa shape index (κ2) is 5.48. The summed E-state index contributed by atoms with van der Waals surface area (Å²) >= 11 is 5.59. The normalized spacial score (nSPS) is 10.6. The summed E-state index contributed by atoms with van der Waals surface area (Å²) in [5.41, 5.74) is 1.95. The maximum absolute atomic E-state index is 13.5.